The van der Waals surface area contributed by atoms with Gasteiger partial charge in [0, 0.05) is 24.0 Å². The summed E-state index contributed by atoms with van der Waals surface area (Å²) in [6, 6.07) is 7.66. The number of nitrogens with one attached hydrogen (secondary N) is 1. The van der Waals surface area contributed by atoms with Crippen molar-refractivity contribution < 1.29 is 4.79 Å². The van der Waals surface area contributed by atoms with Gasteiger partial charge in [0.25, 0.3) is 0 Å². The number of anilines is 2. The van der Waals surface area contributed by atoms with Crippen LogP contribution in [-0.2, 0) is 0 Å². The van der Waals surface area contributed by atoms with Crippen LogP contribution in [0.25, 0.3) is 0 Å². The second-order valence-corrected chi connectivity index (χ2v) is 5.33. The number of rotatable bonds is 4. The molecule has 0 aliphatic heterocycles. The summed E-state index contributed by atoms with van der Waals surface area (Å²) in [6.45, 7) is 5.07. The van der Waals surface area contributed by atoms with Crippen molar-refractivity contribution in [3.8, 4) is 0 Å². The van der Waals surface area contributed by atoms with E-state index in [0.29, 0.717) is 17.6 Å². The number of hydrogen-bond donors (Lipinski definition) is 2. The average molecular weight is 247 g/mol. The maximum absolute atomic E-state index is 12.2. The lowest BCUT2D eigenvalue weighted by Gasteiger charge is -2.24. The van der Waals surface area contributed by atoms with Gasteiger partial charge in [-0.15, -0.1) is 0 Å². The fraction of sp³-hybridized carbons (Fsp3) is 0.500. The molecule has 0 spiro atoms. The van der Waals surface area contributed by atoms with E-state index in [0.717, 1.165) is 25.1 Å². The van der Waals surface area contributed by atoms with E-state index in [9.17, 15) is 4.79 Å². The summed E-state index contributed by atoms with van der Waals surface area (Å²) in [5.41, 5.74) is 7.12. The van der Waals surface area contributed by atoms with E-state index in [1.165, 1.54) is 0 Å². The van der Waals surface area contributed by atoms with Gasteiger partial charge >= 0.3 is 6.03 Å². The van der Waals surface area contributed by atoms with Crippen LogP contribution in [-0.4, -0.2) is 23.5 Å². The van der Waals surface area contributed by atoms with Crippen molar-refractivity contribution in [2.75, 3.05) is 17.6 Å². The summed E-state index contributed by atoms with van der Waals surface area (Å²) >= 11 is 0. The molecular weight excluding hydrogens is 226 g/mol. The Kier molecular flexibility index (Phi) is 3.75. The van der Waals surface area contributed by atoms with Crippen molar-refractivity contribution in [2.24, 2.45) is 5.92 Å². The predicted molar refractivity (Wildman–Crippen MR) is 74.4 cm³/mol. The van der Waals surface area contributed by atoms with Crippen LogP contribution in [0.15, 0.2) is 24.3 Å². The fourth-order valence-corrected chi connectivity index (χ4v) is 1.94. The van der Waals surface area contributed by atoms with Gasteiger partial charge in [-0.05, 0) is 43.0 Å². The largest absolute Gasteiger partial charge is 0.399 e. The summed E-state index contributed by atoms with van der Waals surface area (Å²) < 4.78 is 0. The Labute approximate surface area is 108 Å². The SMILES string of the molecule is CC(C)CN(C(=O)Nc1ccc(N)cc1)C1CC1. The first kappa shape index (κ1) is 12.7. The lowest BCUT2D eigenvalue weighted by Crippen LogP contribution is -2.39. The standard InChI is InChI=1S/C14H21N3O/c1-10(2)9-17(13-7-8-13)14(18)16-12-5-3-11(15)4-6-12/h3-6,10,13H,7-9,15H2,1-2H3,(H,16,18). The first-order chi connectivity index (χ1) is 8.56. The molecule has 0 unspecified atom stereocenters. The van der Waals surface area contributed by atoms with Crippen LogP contribution >= 0.6 is 0 Å². The zero-order valence-corrected chi connectivity index (χ0v) is 11.0. The highest BCUT2D eigenvalue weighted by molar-refractivity contribution is 5.89. The van der Waals surface area contributed by atoms with Crippen LogP contribution in [0.5, 0.6) is 0 Å². The smallest absolute Gasteiger partial charge is 0.322 e. The molecule has 4 nitrogen and oxygen atoms in total. The molecule has 2 rings (SSSR count). The van der Waals surface area contributed by atoms with Crippen LogP contribution in [0.4, 0.5) is 16.2 Å². The average Bonchev–Trinajstić information content (AvgIpc) is 3.12. The second kappa shape index (κ2) is 5.29. The molecule has 1 fully saturated rings. The van der Waals surface area contributed by atoms with Crippen LogP contribution in [0.3, 0.4) is 0 Å². The van der Waals surface area contributed by atoms with E-state index >= 15 is 0 Å². The first-order valence-electron chi connectivity index (χ1n) is 6.49. The molecule has 0 saturated heterocycles. The Hall–Kier alpha value is -1.71. The molecule has 0 heterocycles. The molecule has 1 aromatic rings. The third kappa shape index (κ3) is 3.39. The summed E-state index contributed by atoms with van der Waals surface area (Å²) in [7, 11) is 0. The maximum Gasteiger partial charge on any atom is 0.322 e. The number of hydrogen-bond acceptors (Lipinski definition) is 2. The zero-order chi connectivity index (χ0) is 13.1. The van der Waals surface area contributed by atoms with E-state index in [1.54, 1.807) is 12.1 Å². The Morgan fingerprint density at radius 3 is 2.50 bits per heavy atom. The molecule has 2 amide bonds. The second-order valence-electron chi connectivity index (χ2n) is 5.33. The molecule has 1 saturated carbocycles. The number of benzene rings is 1. The lowest BCUT2D eigenvalue weighted by molar-refractivity contribution is 0.201. The van der Waals surface area contributed by atoms with Crippen molar-refractivity contribution in [3.05, 3.63) is 24.3 Å². The summed E-state index contributed by atoms with van der Waals surface area (Å²) in [4.78, 5) is 14.1. The number of carbonyl (C=O) groups excluding carboxylic acids is 1. The molecule has 0 radical (unpaired) electrons. The van der Waals surface area contributed by atoms with E-state index in [1.807, 2.05) is 17.0 Å². The van der Waals surface area contributed by atoms with Crippen molar-refractivity contribution in [1.82, 2.24) is 4.90 Å². The van der Waals surface area contributed by atoms with Gasteiger partial charge in [-0.2, -0.15) is 0 Å². The Morgan fingerprint density at radius 2 is 2.00 bits per heavy atom. The molecular formula is C14H21N3O. The van der Waals surface area contributed by atoms with Crippen LogP contribution < -0.4 is 11.1 Å². The molecule has 1 aliphatic carbocycles. The third-order valence-corrected chi connectivity index (χ3v) is 2.97. The monoisotopic (exact) mass is 247 g/mol. The van der Waals surface area contributed by atoms with Gasteiger partial charge < -0.3 is 16.0 Å². The van der Waals surface area contributed by atoms with E-state index in [2.05, 4.69) is 19.2 Å². The van der Waals surface area contributed by atoms with Gasteiger partial charge in [0.15, 0.2) is 0 Å². The molecule has 4 heteroatoms. The lowest BCUT2D eigenvalue weighted by atomic mass is 10.2. The fourth-order valence-electron chi connectivity index (χ4n) is 1.94. The Balaban J connectivity index is 1.98. The van der Waals surface area contributed by atoms with E-state index < -0.39 is 0 Å². The molecule has 3 N–H and O–H groups in total. The number of carbonyl (C=O) groups is 1. The number of nitrogens with two attached hydrogens (primary N) is 1. The van der Waals surface area contributed by atoms with E-state index in [4.69, 9.17) is 5.73 Å². The molecule has 1 aromatic carbocycles. The number of amides is 2. The van der Waals surface area contributed by atoms with Crippen LogP contribution in [0.2, 0.25) is 0 Å². The zero-order valence-electron chi connectivity index (χ0n) is 11.0. The quantitative estimate of drug-likeness (QED) is 0.804. The number of nitrogen functional groups attached to an aromatic ring is 1. The van der Waals surface area contributed by atoms with Crippen LogP contribution in [0.1, 0.15) is 26.7 Å². The molecule has 18 heavy (non-hydrogen) atoms. The van der Waals surface area contributed by atoms with Crippen LogP contribution in [0, 0.1) is 5.92 Å². The minimum atomic E-state index is -0.00373. The highest BCUT2D eigenvalue weighted by atomic mass is 16.2. The summed E-state index contributed by atoms with van der Waals surface area (Å²) in [6.07, 6.45) is 2.25. The minimum absolute atomic E-state index is 0.00373. The molecule has 1 aliphatic rings. The molecule has 0 bridgehead atoms. The first-order valence-corrected chi connectivity index (χ1v) is 6.49. The van der Waals surface area contributed by atoms with Crippen molar-refractivity contribution in [1.29, 1.82) is 0 Å². The van der Waals surface area contributed by atoms with Gasteiger partial charge in [-0.1, -0.05) is 13.8 Å². The topological polar surface area (TPSA) is 58.4 Å². The van der Waals surface area contributed by atoms with Gasteiger partial charge in [-0.25, -0.2) is 4.79 Å². The van der Waals surface area contributed by atoms with Gasteiger partial charge in [-0.3, -0.25) is 0 Å². The van der Waals surface area contributed by atoms with Gasteiger partial charge in [0.2, 0.25) is 0 Å². The Bertz CT molecular complexity index is 410. The van der Waals surface area contributed by atoms with Crippen molar-refractivity contribution in [2.45, 2.75) is 32.7 Å². The van der Waals surface area contributed by atoms with Gasteiger partial charge in [0.05, 0.1) is 0 Å². The highest BCUT2D eigenvalue weighted by Gasteiger charge is 2.32. The Morgan fingerprint density at radius 1 is 1.39 bits per heavy atom. The van der Waals surface area contributed by atoms with Crippen molar-refractivity contribution >= 4 is 17.4 Å². The third-order valence-electron chi connectivity index (χ3n) is 2.97. The molecule has 0 atom stereocenters. The van der Waals surface area contributed by atoms with E-state index in [-0.39, 0.29) is 6.03 Å². The predicted octanol–water partition coefficient (Wildman–Crippen LogP) is 2.92. The summed E-state index contributed by atoms with van der Waals surface area (Å²) in [5, 5.41) is 2.93. The maximum atomic E-state index is 12.2. The van der Waals surface area contributed by atoms with Crippen molar-refractivity contribution in [3.63, 3.8) is 0 Å². The van der Waals surface area contributed by atoms with Gasteiger partial charge in [0.1, 0.15) is 0 Å². The molecule has 98 valence electrons. The highest BCUT2D eigenvalue weighted by Crippen LogP contribution is 2.28. The molecule has 0 aromatic heterocycles. The minimum Gasteiger partial charge on any atom is -0.399 e. The number of nitrogens with zero attached hydrogens (tertiary/aromatic N) is 1. The number of urea groups is 1. The normalized spacial score (nSPS) is 14.6. The summed E-state index contributed by atoms with van der Waals surface area (Å²) in [5.74, 6) is 0.489.